The minimum absolute atomic E-state index is 0.0239. The maximum absolute atomic E-state index is 12.2. The predicted octanol–water partition coefficient (Wildman–Crippen LogP) is 1.44. The highest BCUT2D eigenvalue weighted by Crippen LogP contribution is 2.18. The number of pyridine rings is 1. The predicted molar refractivity (Wildman–Crippen MR) is 102 cm³/mol. The van der Waals surface area contributed by atoms with Crippen molar-refractivity contribution in [3.05, 3.63) is 54.2 Å². The topological polar surface area (TPSA) is 129 Å². The van der Waals surface area contributed by atoms with Crippen LogP contribution in [0.4, 0.5) is 10.6 Å². The number of carboxylic acid groups (broad SMARTS) is 1. The number of carbonyl (C=O) groups excluding carboxylic acids is 1. The van der Waals surface area contributed by atoms with Crippen molar-refractivity contribution in [1.29, 1.82) is 0 Å². The van der Waals surface area contributed by atoms with Gasteiger partial charge in [0.25, 0.3) is 10.0 Å². The number of aromatic nitrogens is 1. The molecule has 2 heterocycles. The molecule has 1 fully saturated rings. The zero-order valence-electron chi connectivity index (χ0n) is 14.9. The van der Waals surface area contributed by atoms with Gasteiger partial charge in [-0.25, -0.2) is 27.7 Å². The average Bonchev–Trinajstić information content (AvgIpc) is 2.69. The van der Waals surface area contributed by atoms with E-state index in [2.05, 4.69) is 10.3 Å². The van der Waals surface area contributed by atoms with Crippen LogP contribution >= 0.6 is 0 Å². The number of nitrogens with zero attached hydrogens (tertiary/aromatic N) is 2. The first-order valence-electron chi connectivity index (χ1n) is 8.68. The molecule has 0 radical (unpaired) electrons. The van der Waals surface area contributed by atoms with Crippen LogP contribution in [0.5, 0.6) is 0 Å². The van der Waals surface area contributed by atoms with Gasteiger partial charge < -0.3 is 15.3 Å². The Balaban J connectivity index is 1.51. The Kier molecular flexibility index (Phi) is 5.78. The Morgan fingerprint density at radius 3 is 2.32 bits per heavy atom. The third-order valence-corrected chi connectivity index (χ3v) is 5.78. The van der Waals surface area contributed by atoms with Gasteiger partial charge in [-0.3, -0.25) is 0 Å². The third-order valence-electron chi connectivity index (χ3n) is 4.43. The Labute approximate surface area is 162 Å². The number of amides is 2. The summed E-state index contributed by atoms with van der Waals surface area (Å²) in [5, 5.41) is 11.6. The summed E-state index contributed by atoms with van der Waals surface area (Å²) in [4.78, 5) is 29.1. The highest BCUT2D eigenvalue weighted by molar-refractivity contribution is 7.90. The molecular formula is C18H20N4O5S. The summed E-state index contributed by atoms with van der Waals surface area (Å²) < 4.78 is 26.4. The van der Waals surface area contributed by atoms with Gasteiger partial charge in [-0.15, -0.1) is 0 Å². The van der Waals surface area contributed by atoms with Crippen molar-refractivity contribution in [2.75, 3.05) is 18.0 Å². The smallest absolute Gasteiger partial charge is 0.337 e. The highest BCUT2D eigenvalue weighted by atomic mass is 32.2. The van der Waals surface area contributed by atoms with Gasteiger partial charge in [0.1, 0.15) is 5.82 Å². The number of piperidine rings is 1. The molecule has 9 nitrogen and oxygen atoms in total. The molecule has 0 aliphatic carbocycles. The second kappa shape index (κ2) is 8.26. The van der Waals surface area contributed by atoms with Crippen LogP contribution in [0, 0.1) is 0 Å². The van der Waals surface area contributed by atoms with Crippen LogP contribution in [-0.4, -0.2) is 49.6 Å². The van der Waals surface area contributed by atoms with Crippen molar-refractivity contribution in [2.24, 2.45) is 0 Å². The third kappa shape index (κ3) is 4.77. The molecule has 0 saturated carbocycles. The number of sulfonamides is 1. The van der Waals surface area contributed by atoms with E-state index in [4.69, 9.17) is 5.11 Å². The van der Waals surface area contributed by atoms with E-state index in [1.807, 2.05) is 9.62 Å². The standard InChI is InChI=1S/C18H20N4O5S/c23-17(24)13-6-7-16(19-12-13)22-10-8-14(9-11-22)20-18(25)21-28(26,27)15-4-2-1-3-5-15/h1-7,12,14H,8-11H2,(H,23,24)(H2,20,21,25). The first-order valence-corrected chi connectivity index (χ1v) is 10.2. The monoisotopic (exact) mass is 404 g/mol. The number of aromatic carboxylic acids is 1. The number of rotatable bonds is 5. The number of anilines is 1. The van der Waals surface area contributed by atoms with E-state index in [1.54, 1.807) is 24.3 Å². The fourth-order valence-corrected chi connectivity index (χ4v) is 3.88. The number of hydrogen-bond donors (Lipinski definition) is 3. The van der Waals surface area contributed by atoms with Gasteiger partial charge in [-0.05, 0) is 37.1 Å². The van der Waals surface area contributed by atoms with E-state index in [-0.39, 0.29) is 16.5 Å². The van der Waals surface area contributed by atoms with E-state index in [1.165, 1.54) is 24.4 Å². The van der Waals surface area contributed by atoms with Gasteiger partial charge in [-0.1, -0.05) is 18.2 Å². The molecule has 148 valence electrons. The molecule has 2 aromatic rings. The van der Waals surface area contributed by atoms with Gasteiger partial charge >= 0.3 is 12.0 Å². The van der Waals surface area contributed by atoms with Crippen molar-refractivity contribution < 1.29 is 23.1 Å². The summed E-state index contributed by atoms with van der Waals surface area (Å²) in [6, 6.07) is 9.91. The van der Waals surface area contributed by atoms with E-state index < -0.39 is 22.0 Å². The first-order chi connectivity index (χ1) is 13.3. The van der Waals surface area contributed by atoms with Crippen LogP contribution in [0.25, 0.3) is 0 Å². The molecule has 0 unspecified atom stereocenters. The zero-order chi connectivity index (χ0) is 20.1. The van der Waals surface area contributed by atoms with Crippen molar-refractivity contribution >= 4 is 27.8 Å². The second-order valence-electron chi connectivity index (χ2n) is 6.36. The van der Waals surface area contributed by atoms with E-state index in [0.717, 1.165) is 0 Å². The summed E-state index contributed by atoms with van der Waals surface area (Å²) in [5.74, 6) is -0.363. The summed E-state index contributed by atoms with van der Waals surface area (Å²) in [6.45, 7) is 1.21. The molecule has 10 heteroatoms. The maximum atomic E-state index is 12.2. The average molecular weight is 404 g/mol. The lowest BCUT2D eigenvalue weighted by molar-refractivity contribution is 0.0696. The fourth-order valence-electron chi connectivity index (χ4n) is 2.95. The first kappa shape index (κ1) is 19.6. The van der Waals surface area contributed by atoms with Crippen molar-refractivity contribution in [2.45, 2.75) is 23.8 Å². The van der Waals surface area contributed by atoms with Crippen molar-refractivity contribution in [3.63, 3.8) is 0 Å². The largest absolute Gasteiger partial charge is 0.478 e. The normalized spacial score (nSPS) is 15.1. The van der Waals surface area contributed by atoms with Crippen molar-refractivity contribution in [3.8, 4) is 0 Å². The van der Waals surface area contributed by atoms with Gasteiger partial charge in [0, 0.05) is 25.3 Å². The second-order valence-corrected chi connectivity index (χ2v) is 8.05. The van der Waals surface area contributed by atoms with E-state index in [9.17, 15) is 18.0 Å². The summed E-state index contributed by atoms with van der Waals surface area (Å²) >= 11 is 0. The molecule has 1 aromatic carbocycles. The van der Waals surface area contributed by atoms with E-state index >= 15 is 0 Å². The van der Waals surface area contributed by atoms with Crippen LogP contribution in [0.1, 0.15) is 23.2 Å². The molecule has 1 aliphatic rings. The van der Waals surface area contributed by atoms with Gasteiger partial charge in [0.15, 0.2) is 0 Å². The molecule has 28 heavy (non-hydrogen) atoms. The Bertz CT molecular complexity index is 940. The minimum atomic E-state index is -3.91. The number of benzene rings is 1. The fraction of sp³-hybridized carbons (Fsp3) is 0.278. The molecule has 0 spiro atoms. The summed E-state index contributed by atoms with van der Waals surface area (Å²) in [5.41, 5.74) is 0.122. The van der Waals surface area contributed by atoms with Crippen LogP contribution in [0.2, 0.25) is 0 Å². The SMILES string of the molecule is O=C(NC1CCN(c2ccc(C(=O)O)cn2)CC1)NS(=O)(=O)c1ccccc1. The number of carboxylic acids is 1. The maximum Gasteiger partial charge on any atom is 0.337 e. The summed E-state index contributed by atoms with van der Waals surface area (Å²) in [7, 11) is -3.91. The van der Waals surface area contributed by atoms with Crippen LogP contribution < -0.4 is 14.9 Å². The number of hydrogen-bond acceptors (Lipinski definition) is 6. The number of carbonyl (C=O) groups is 2. The van der Waals surface area contributed by atoms with Gasteiger partial charge in [0.2, 0.25) is 0 Å². The molecule has 3 N–H and O–H groups in total. The highest BCUT2D eigenvalue weighted by Gasteiger charge is 2.24. The molecule has 3 rings (SSSR count). The molecule has 2 amide bonds. The number of urea groups is 1. The quantitative estimate of drug-likeness (QED) is 0.688. The Morgan fingerprint density at radius 1 is 1.07 bits per heavy atom. The molecular weight excluding hydrogens is 384 g/mol. The van der Waals surface area contributed by atoms with Crippen LogP contribution in [-0.2, 0) is 10.0 Å². The van der Waals surface area contributed by atoms with E-state index in [0.29, 0.717) is 31.7 Å². The molecule has 1 aliphatic heterocycles. The lowest BCUT2D eigenvalue weighted by Crippen LogP contribution is -2.49. The zero-order valence-corrected chi connectivity index (χ0v) is 15.7. The molecule has 1 aromatic heterocycles. The Hall–Kier alpha value is -3.14. The molecule has 1 saturated heterocycles. The van der Waals surface area contributed by atoms with Crippen LogP contribution in [0.3, 0.4) is 0 Å². The summed E-state index contributed by atoms with van der Waals surface area (Å²) in [6.07, 6.45) is 2.53. The molecule has 0 bridgehead atoms. The van der Waals surface area contributed by atoms with Gasteiger partial charge in [0.05, 0.1) is 10.5 Å². The Morgan fingerprint density at radius 2 is 1.75 bits per heavy atom. The van der Waals surface area contributed by atoms with Crippen molar-refractivity contribution in [1.82, 2.24) is 15.0 Å². The number of nitrogens with one attached hydrogen (secondary N) is 2. The lowest BCUT2D eigenvalue weighted by Gasteiger charge is -2.33. The van der Waals surface area contributed by atoms with Gasteiger partial charge in [-0.2, -0.15) is 0 Å². The van der Waals surface area contributed by atoms with Crippen LogP contribution in [0.15, 0.2) is 53.6 Å². The minimum Gasteiger partial charge on any atom is -0.478 e. The lowest BCUT2D eigenvalue weighted by atomic mass is 10.1. The molecule has 0 atom stereocenters.